The van der Waals surface area contributed by atoms with Crippen molar-refractivity contribution < 1.29 is 4.79 Å². The lowest BCUT2D eigenvalue weighted by Crippen LogP contribution is -2.01. The van der Waals surface area contributed by atoms with Crippen molar-refractivity contribution in [2.75, 3.05) is 0 Å². The van der Waals surface area contributed by atoms with Crippen LogP contribution >= 0.6 is 0 Å². The summed E-state index contributed by atoms with van der Waals surface area (Å²) in [5, 5.41) is 0. The van der Waals surface area contributed by atoms with Crippen LogP contribution in [0.15, 0.2) is 29.4 Å². The number of unbranched alkanes of at least 4 members (excludes halogenated alkanes) is 1. The SMILES string of the molecule is C=C(CCCC)N=C(C)/C=C\C(C)CC.CC(N)=O.CCCC(C)C. The number of rotatable bonds is 9. The van der Waals surface area contributed by atoms with E-state index in [0.717, 1.165) is 23.7 Å². The third kappa shape index (κ3) is 34.8. The summed E-state index contributed by atoms with van der Waals surface area (Å²) in [6.45, 7) is 20.6. The molecule has 3 nitrogen and oxygen atoms in total. The fraction of sp³-hybridized carbons (Fsp3) is 0.727. The number of hydrogen-bond acceptors (Lipinski definition) is 2. The van der Waals surface area contributed by atoms with Crippen LogP contribution in [0.5, 0.6) is 0 Å². The van der Waals surface area contributed by atoms with Crippen LogP contribution < -0.4 is 5.73 Å². The van der Waals surface area contributed by atoms with Gasteiger partial charge in [0.2, 0.25) is 5.91 Å². The van der Waals surface area contributed by atoms with Gasteiger partial charge in [-0.3, -0.25) is 9.79 Å². The molecule has 0 aliphatic rings. The lowest BCUT2D eigenvalue weighted by Gasteiger charge is -2.01. The zero-order chi connectivity index (χ0) is 20.3. The van der Waals surface area contributed by atoms with E-state index in [0.29, 0.717) is 5.92 Å². The van der Waals surface area contributed by atoms with E-state index in [2.05, 4.69) is 71.0 Å². The molecular weight excluding hydrogens is 308 g/mol. The summed E-state index contributed by atoms with van der Waals surface area (Å²) in [7, 11) is 0. The van der Waals surface area contributed by atoms with Crippen molar-refractivity contribution in [1.29, 1.82) is 0 Å². The maximum atomic E-state index is 9.22. The summed E-state index contributed by atoms with van der Waals surface area (Å²) >= 11 is 0. The van der Waals surface area contributed by atoms with E-state index in [-0.39, 0.29) is 5.91 Å². The first-order chi connectivity index (χ1) is 11.6. The molecule has 0 rings (SSSR count). The summed E-state index contributed by atoms with van der Waals surface area (Å²) in [6.07, 6.45) is 11.6. The van der Waals surface area contributed by atoms with Crippen molar-refractivity contribution in [2.24, 2.45) is 22.6 Å². The van der Waals surface area contributed by atoms with Crippen LogP contribution in [0, 0.1) is 11.8 Å². The number of allylic oxidation sites excluding steroid dienone is 3. The third-order valence-corrected chi connectivity index (χ3v) is 3.33. The molecule has 1 atom stereocenters. The molecule has 0 aliphatic heterocycles. The molecule has 0 aromatic heterocycles. The largest absolute Gasteiger partial charge is 0.370 e. The number of carbonyl (C=O) groups excluding carboxylic acids is 1. The maximum absolute atomic E-state index is 9.22. The topological polar surface area (TPSA) is 55.4 Å². The third-order valence-electron chi connectivity index (χ3n) is 3.33. The molecule has 1 unspecified atom stereocenters. The number of nitrogens with two attached hydrogens (primary N) is 1. The molecule has 0 saturated carbocycles. The normalized spacial score (nSPS) is 12.1. The van der Waals surface area contributed by atoms with Crippen LogP contribution in [0.2, 0.25) is 0 Å². The predicted molar refractivity (Wildman–Crippen MR) is 115 cm³/mol. The summed E-state index contributed by atoms with van der Waals surface area (Å²) in [6, 6.07) is 0. The Balaban J connectivity index is -0.000000397. The molecular formula is C22H44N2O. The van der Waals surface area contributed by atoms with Gasteiger partial charge in [0.1, 0.15) is 0 Å². The van der Waals surface area contributed by atoms with E-state index in [1.807, 2.05) is 6.92 Å². The number of amides is 1. The highest BCUT2D eigenvalue weighted by molar-refractivity contribution is 5.93. The lowest BCUT2D eigenvalue weighted by molar-refractivity contribution is -0.115. The lowest BCUT2D eigenvalue weighted by atomic mass is 10.1. The van der Waals surface area contributed by atoms with Crippen LogP contribution in [0.25, 0.3) is 0 Å². The minimum absolute atomic E-state index is 0.333. The molecule has 0 aliphatic carbocycles. The molecule has 25 heavy (non-hydrogen) atoms. The van der Waals surface area contributed by atoms with Gasteiger partial charge >= 0.3 is 0 Å². The highest BCUT2D eigenvalue weighted by Crippen LogP contribution is 2.07. The molecule has 3 heteroatoms. The van der Waals surface area contributed by atoms with Gasteiger partial charge in [-0.2, -0.15) is 0 Å². The Bertz CT molecular complexity index is 377. The van der Waals surface area contributed by atoms with Gasteiger partial charge < -0.3 is 5.73 Å². The number of hydrogen-bond donors (Lipinski definition) is 1. The van der Waals surface area contributed by atoms with E-state index < -0.39 is 0 Å². The number of nitrogens with zero attached hydrogens (tertiary/aromatic N) is 1. The van der Waals surface area contributed by atoms with Crippen LogP contribution in [-0.2, 0) is 4.79 Å². The standard InChI is InChI=1S/C14H25N.C6H14.C2H5NO/c1-6-8-9-13(4)15-14(5)11-10-12(3)7-2;1-4-5-6(2)3;1-2(3)4/h10-12H,4,6-9H2,1-3,5H3;6H,4-5H2,1-3H3;1H3,(H2,3,4)/b11-10-,15-14?;;. The molecule has 0 bridgehead atoms. The zero-order valence-electron chi connectivity index (χ0n) is 18.2. The molecule has 0 fully saturated rings. The zero-order valence-corrected chi connectivity index (χ0v) is 18.2. The molecule has 0 saturated heterocycles. The van der Waals surface area contributed by atoms with Crippen LogP contribution in [0.4, 0.5) is 0 Å². The first kappa shape index (κ1) is 28.4. The first-order valence-corrected chi connectivity index (χ1v) is 9.77. The summed E-state index contributed by atoms with van der Waals surface area (Å²) in [5.74, 6) is 1.20. The van der Waals surface area contributed by atoms with Gasteiger partial charge in [-0.05, 0) is 37.7 Å². The van der Waals surface area contributed by atoms with Crippen LogP contribution in [0.3, 0.4) is 0 Å². The maximum Gasteiger partial charge on any atom is 0.214 e. The van der Waals surface area contributed by atoms with Gasteiger partial charge in [-0.1, -0.05) is 79.9 Å². The predicted octanol–water partition coefficient (Wildman–Crippen LogP) is 6.69. The van der Waals surface area contributed by atoms with E-state index >= 15 is 0 Å². The first-order valence-electron chi connectivity index (χ1n) is 9.77. The van der Waals surface area contributed by atoms with E-state index in [1.54, 1.807) is 0 Å². The fourth-order valence-electron chi connectivity index (χ4n) is 1.74. The van der Waals surface area contributed by atoms with Gasteiger partial charge in [0, 0.05) is 18.3 Å². The van der Waals surface area contributed by atoms with Gasteiger partial charge in [-0.25, -0.2) is 0 Å². The molecule has 0 aromatic carbocycles. The Morgan fingerprint density at radius 3 is 1.96 bits per heavy atom. The van der Waals surface area contributed by atoms with Crippen molar-refractivity contribution in [1.82, 2.24) is 0 Å². The van der Waals surface area contributed by atoms with Gasteiger partial charge in [-0.15, -0.1) is 0 Å². The van der Waals surface area contributed by atoms with Gasteiger partial charge in [0.05, 0.1) is 0 Å². The second-order valence-corrected chi connectivity index (χ2v) is 6.96. The van der Waals surface area contributed by atoms with Crippen molar-refractivity contribution in [3.05, 3.63) is 24.4 Å². The Kier molecular flexibility index (Phi) is 23.5. The summed E-state index contributed by atoms with van der Waals surface area (Å²) in [4.78, 5) is 13.7. The number of carbonyl (C=O) groups is 1. The summed E-state index contributed by atoms with van der Waals surface area (Å²) < 4.78 is 0. The minimum atomic E-state index is -0.333. The average molecular weight is 353 g/mol. The fourth-order valence-corrected chi connectivity index (χ4v) is 1.74. The Morgan fingerprint density at radius 1 is 1.12 bits per heavy atom. The second-order valence-electron chi connectivity index (χ2n) is 6.96. The van der Waals surface area contributed by atoms with Crippen molar-refractivity contribution >= 4 is 11.6 Å². The Hall–Kier alpha value is -1.38. The van der Waals surface area contributed by atoms with Gasteiger partial charge in [0.25, 0.3) is 0 Å². The second kappa shape index (κ2) is 20.7. The smallest absolute Gasteiger partial charge is 0.214 e. The molecule has 0 heterocycles. The Morgan fingerprint density at radius 2 is 1.64 bits per heavy atom. The monoisotopic (exact) mass is 352 g/mol. The molecule has 0 radical (unpaired) electrons. The molecule has 0 spiro atoms. The van der Waals surface area contributed by atoms with Crippen molar-refractivity contribution in [2.45, 2.75) is 93.9 Å². The number of primary amides is 1. The molecule has 1 amide bonds. The highest BCUT2D eigenvalue weighted by atomic mass is 16.1. The highest BCUT2D eigenvalue weighted by Gasteiger charge is 1.93. The molecule has 148 valence electrons. The van der Waals surface area contributed by atoms with Crippen LogP contribution in [-0.4, -0.2) is 11.6 Å². The number of aliphatic imine (C=N–C) groups is 1. The van der Waals surface area contributed by atoms with Crippen LogP contribution in [0.1, 0.15) is 93.9 Å². The minimum Gasteiger partial charge on any atom is -0.370 e. The van der Waals surface area contributed by atoms with E-state index in [9.17, 15) is 4.79 Å². The Labute approximate surface area is 157 Å². The molecule has 2 N–H and O–H groups in total. The van der Waals surface area contributed by atoms with Gasteiger partial charge in [0.15, 0.2) is 0 Å². The average Bonchev–Trinajstić information content (AvgIpc) is 2.50. The van der Waals surface area contributed by atoms with E-state index in [1.165, 1.54) is 39.0 Å². The molecule has 0 aromatic rings. The van der Waals surface area contributed by atoms with Crippen molar-refractivity contribution in [3.63, 3.8) is 0 Å². The quantitative estimate of drug-likeness (QED) is 0.462. The summed E-state index contributed by atoms with van der Waals surface area (Å²) in [5.41, 5.74) is 6.54. The van der Waals surface area contributed by atoms with E-state index in [4.69, 9.17) is 0 Å². The van der Waals surface area contributed by atoms with Crippen molar-refractivity contribution in [3.8, 4) is 0 Å².